The second-order valence-electron chi connectivity index (χ2n) is 6.07. The lowest BCUT2D eigenvalue weighted by Gasteiger charge is -2.44. The van der Waals surface area contributed by atoms with Gasteiger partial charge in [0.1, 0.15) is 5.54 Å². The number of urea groups is 1. The van der Waals surface area contributed by atoms with Gasteiger partial charge in [0.2, 0.25) is 0 Å². The van der Waals surface area contributed by atoms with Crippen LogP contribution in [-0.2, 0) is 4.79 Å². The number of likely N-dealkylation sites (tertiary alicyclic amines) is 1. The number of piperidine rings is 1. The van der Waals surface area contributed by atoms with Gasteiger partial charge in [-0.15, -0.1) is 0 Å². The molecular weight excluding hydrogens is 312 g/mol. The largest absolute Gasteiger partial charge is 0.465 e. The van der Waals surface area contributed by atoms with Gasteiger partial charge >= 0.3 is 12.1 Å². The van der Waals surface area contributed by atoms with Crippen LogP contribution in [0.1, 0.15) is 25.3 Å². The Bertz CT molecular complexity index is 772. The number of rotatable bonds is 1. The molecule has 1 aromatic rings. The minimum absolute atomic E-state index is 0.158. The van der Waals surface area contributed by atoms with Crippen molar-refractivity contribution in [2.24, 2.45) is 0 Å². The summed E-state index contributed by atoms with van der Waals surface area (Å²) in [5.41, 5.74) is -0.296. The maximum atomic E-state index is 12.5. The van der Waals surface area contributed by atoms with E-state index in [9.17, 15) is 19.5 Å². The van der Waals surface area contributed by atoms with E-state index in [0.717, 1.165) is 0 Å². The fourth-order valence-electron chi connectivity index (χ4n) is 3.56. The van der Waals surface area contributed by atoms with Gasteiger partial charge in [-0.05, 0) is 31.5 Å². The molecule has 8 nitrogen and oxygen atoms in total. The van der Waals surface area contributed by atoms with Crippen LogP contribution in [0.3, 0.4) is 0 Å². The fourth-order valence-corrected chi connectivity index (χ4v) is 3.56. The van der Waals surface area contributed by atoms with Crippen LogP contribution >= 0.6 is 0 Å². The van der Waals surface area contributed by atoms with Gasteiger partial charge in [-0.3, -0.25) is 15.0 Å². The zero-order chi connectivity index (χ0) is 17.5. The minimum Gasteiger partial charge on any atom is -0.465 e. The van der Waals surface area contributed by atoms with Crippen molar-refractivity contribution in [2.75, 3.05) is 11.4 Å². The summed E-state index contributed by atoms with van der Waals surface area (Å²) in [6.45, 7) is 1.88. The molecule has 1 spiro atoms. The third-order valence-corrected chi connectivity index (χ3v) is 4.68. The highest BCUT2D eigenvalue weighted by molar-refractivity contribution is 6.17. The van der Waals surface area contributed by atoms with Gasteiger partial charge < -0.3 is 10.0 Å². The van der Waals surface area contributed by atoms with E-state index in [-0.39, 0.29) is 19.4 Å². The normalized spacial score (nSPS) is 26.4. The summed E-state index contributed by atoms with van der Waals surface area (Å²) in [6.07, 6.45) is -0.633. The molecular formula is C16H16N4O4. The molecule has 1 aromatic carbocycles. The zero-order valence-corrected chi connectivity index (χ0v) is 13.0. The monoisotopic (exact) mass is 328 g/mol. The van der Waals surface area contributed by atoms with E-state index in [4.69, 9.17) is 5.26 Å². The molecule has 124 valence electrons. The number of nitrogens with zero attached hydrogens (tertiary/aromatic N) is 3. The van der Waals surface area contributed by atoms with Gasteiger partial charge in [-0.2, -0.15) is 5.26 Å². The average Bonchev–Trinajstić information content (AvgIpc) is 2.77. The van der Waals surface area contributed by atoms with Crippen LogP contribution in [0.2, 0.25) is 0 Å². The van der Waals surface area contributed by atoms with Crippen molar-refractivity contribution in [3.63, 3.8) is 0 Å². The Balaban J connectivity index is 2.02. The molecule has 0 unspecified atom stereocenters. The Morgan fingerprint density at radius 1 is 1.46 bits per heavy atom. The number of anilines is 1. The first kappa shape index (κ1) is 15.8. The lowest BCUT2D eigenvalue weighted by atomic mass is 9.82. The van der Waals surface area contributed by atoms with E-state index < -0.39 is 29.6 Å². The van der Waals surface area contributed by atoms with Crippen LogP contribution in [0.15, 0.2) is 24.3 Å². The maximum absolute atomic E-state index is 12.5. The molecule has 2 fully saturated rings. The van der Waals surface area contributed by atoms with Crippen LogP contribution in [0.4, 0.5) is 15.3 Å². The van der Waals surface area contributed by atoms with Crippen LogP contribution in [0.25, 0.3) is 0 Å². The van der Waals surface area contributed by atoms with E-state index >= 15 is 0 Å². The quantitative estimate of drug-likeness (QED) is 0.759. The highest BCUT2D eigenvalue weighted by Gasteiger charge is 2.56. The fraction of sp³-hybridized carbons (Fsp3) is 0.375. The van der Waals surface area contributed by atoms with Crippen LogP contribution < -0.4 is 10.2 Å². The molecule has 2 aliphatic heterocycles. The molecule has 0 radical (unpaired) electrons. The minimum atomic E-state index is -1.13. The molecule has 0 bridgehead atoms. The summed E-state index contributed by atoms with van der Waals surface area (Å²) >= 11 is 0. The first-order valence-electron chi connectivity index (χ1n) is 7.54. The van der Waals surface area contributed by atoms with Gasteiger partial charge in [0.05, 0.1) is 11.6 Å². The number of nitrogens with one attached hydrogen (secondary N) is 1. The predicted octanol–water partition coefficient (Wildman–Crippen LogP) is 1.52. The van der Waals surface area contributed by atoms with E-state index in [1.54, 1.807) is 31.2 Å². The number of carbonyl (C=O) groups excluding carboxylic acids is 2. The van der Waals surface area contributed by atoms with Crippen LogP contribution in [0.5, 0.6) is 0 Å². The third kappa shape index (κ3) is 2.25. The van der Waals surface area contributed by atoms with Crippen molar-refractivity contribution in [3.8, 4) is 6.07 Å². The molecule has 8 heteroatoms. The number of hydrogen-bond donors (Lipinski definition) is 2. The Labute approximate surface area is 138 Å². The molecule has 2 atom stereocenters. The van der Waals surface area contributed by atoms with Crippen molar-refractivity contribution in [2.45, 2.75) is 31.3 Å². The number of carbonyl (C=O) groups is 3. The van der Waals surface area contributed by atoms with Gasteiger partial charge in [-0.25, -0.2) is 9.59 Å². The topological polar surface area (TPSA) is 114 Å². The number of benzene rings is 1. The second-order valence-corrected chi connectivity index (χ2v) is 6.07. The number of amides is 4. The summed E-state index contributed by atoms with van der Waals surface area (Å²) in [4.78, 5) is 38.8. The molecule has 0 aromatic heterocycles. The SMILES string of the molecule is C[C@H]1C[C@]2(CCN1C(=O)O)C(=O)NC(=O)N2c1cccc(C#N)c1. The van der Waals surface area contributed by atoms with Crippen molar-refractivity contribution < 1.29 is 19.5 Å². The molecule has 3 rings (SSSR count). The van der Waals surface area contributed by atoms with Crippen molar-refractivity contribution in [1.29, 1.82) is 5.26 Å². The van der Waals surface area contributed by atoms with E-state index in [2.05, 4.69) is 5.32 Å². The van der Waals surface area contributed by atoms with E-state index in [1.807, 2.05) is 6.07 Å². The first-order chi connectivity index (χ1) is 11.4. The number of hydrogen-bond acceptors (Lipinski definition) is 4. The Kier molecular flexibility index (Phi) is 3.64. The summed E-state index contributed by atoms with van der Waals surface area (Å²) in [6, 6.07) is 7.52. The summed E-state index contributed by atoms with van der Waals surface area (Å²) in [5.74, 6) is -0.424. The van der Waals surface area contributed by atoms with Gasteiger partial charge in [0.25, 0.3) is 5.91 Å². The Hall–Kier alpha value is -3.08. The van der Waals surface area contributed by atoms with E-state index in [0.29, 0.717) is 11.3 Å². The molecule has 24 heavy (non-hydrogen) atoms. The van der Waals surface area contributed by atoms with Gasteiger partial charge in [0.15, 0.2) is 0 Å². The lowest BCUT2D eigenvalue weighted by molar-refractivity contribution is -0.125. The second kappa shape index (κ2) is 5.53. The van der Waals surface area contributed by atoms with Crippen LogP contribution in [-0.4, -0.2) is 46.2 Å². The number of carboxylic acid groups (broad SMARTS) is 1. The Morgan fingerprint density at radius 2 is 2.21 bits per heavy atom. The highest BCUT2D eigenvalue weighted by atomic mass is 16.4. The maximum Gasteiger partial charge on any atom is 0.407 e. The Morgan fingerprint density at radius 3 is 2.83 bits per heavy atom. The molecule has 2 heterocycles. The van der Waals surface area contributed by atoms with E-state index in [1.165, 1.54) is 9.80 Å². The smallest absolute Gasteiger partial charge is 0.407 e. The van der Waals surface area contributed by atoms with Gasteiger partial charge in [-0.1, -0.05) is 6.07 Å². The zero-order valence-electron chi connectivity index (χ0n) is 13.0. The van der Waals surface area contributed by atoms with Gasteiger partial charge in [0, 0.05) is 24.7 Å². The summed E-state index contributed by atoms with van der Waals surface area (Å²) in [5, 5.41) is 20.6. The highest BCUT2D eigenvalue weighted by Crippen LogP contribution is 2.39. The lowest BCUT2D eigenvalue weighted by Crippen LogP contribution is -2.60. The number of imide groups is 1. The first-order valence-corrected chi connectivity index (χ1v) is 7.54. The van der Waals surface area contributed by atoms with Crippen LogP contribution in [0, 0.1) is 11.3 Å². The molecule has 4 amide bonds. The molecule has 0 aliphatic carbocycles. The molecule has 2 saturated heterocycles. The average molecular weight is 328 g/mol. The predicted molar refractivity (Wildman–Crippen MR) is 83.3 cm³/mol. The molecule has 2 N–H and O–H groups in total. The van der Waals surface area contributed by atoms with Crippen molar-refractivity contribution in [3.05, 3.63) is 29.8 Å². The summed E-state index contributed by atoms with van der Waals surface area (Å²) < 4.78 is 0. The molecule has 2 aliphatic rings. The summed E-state index contributed by atoms with van der Waals surface area (Å²) in [7, 11) is 0. The third-order valence-electron chi connectivity index (χ3n) is 4.68. The van der Waals surface area contributed by atoms with Crippen molar-refractivity contribution in [1.82, 2.24) is 10.2 Å². The van der Waals surface area contributed by atoms with Crippen molar-refractivity contribution >= 4 is 23.7 Å². The standard InChI is InChI=1S/C16H16N4O4/c1-10-8-16(5-6-19(10)15(23)24)13(21)18-14(22)20(16)12-4-2-3-11(7-12)9-17/h2-4,7,10H,5-6,8H2,1H3,(H,23,24)(H,18,21,22)/t10-,16+/m0/s1. The molecule has 0 saturated carbocycles. The number of nitriles is 1.